The maximum absolute atomic E-state index is 11.0. The summed E-state index contributed by atoms with van der Waals surface area (Å²) < 4.78 is 0.414. The molecule has 2 atom stereocenters. The number of carboxylic acid groups (broad SMARTS) is 1. The number of aromatic nitrogens is 2. The lowest BCUT2D eigenvalue weighted by Gasteiger charge is -2.35. The molecule has 0 aromatic carbocycles. The molecular formula is C12H16BrN3O2. The largest absolute Gasteiger partial charge is 0.476 e. The van der Waals surface area contributed by atoms with Gasteiger partial charge in [0.15, 0.2) is 5.69 Å². The Kier molecular flexibility index (Phi) is 3.85. The standard InChI is InChI=1S/C12H16BrN3O2/c1-7-3-8(2)6-16(5-7)12-14-4-9(13)10(15-12)11(17)18/h4,7-8H,3,5-6H2,1-2H3,(H,17,18). The van der Waals surface area contributed by atoms with Gasteiger partial charge in [-0.3, -0.25) is 0 Å². The Hall–Kier alpha value is -1.17. The van der Waals surface area contributed by atoms with E-state index in [9.17, 15) is 4.79 Å². The van der Waals surface area contributed by atoms with E-state index in [-0.39, 0.29) is 5.69 Å². The first-order chi connectivity index (χ1) is 8.47. The maximum atomic E-state index is 11.0. The summed E-state index contributed by atoms with van der Waals surface area (Å²) in [5, 5.41) is 9.05. The maximum Gasteiger partial charge on any atom is 0.355 e. The number of aromatic carboxylic acids is 1. The predicted molar refractivity (Wildman–Crippen MR) is 71.8 cm³/mol. The smallest absolute Gasteiger partial charge is 0.355 e. The average Bonchev–Trinajstić information content (AvgIpc) is 2.27. The fourth-order valence-corrected chi connectivity index (χ4v) is 2.85. The molecule has 0 bridgehead atoms. The summed E-state index contributed by atoms with van der Waals surface area (Å²) in [5.74, 6) is 0.626. The van der Waals surface area contributed by atoms with Gasteiger partial charge < -0.3 is 10.0 Å². The lowest BCUT2D eigenvalue weighted by atomic mass is 9.92. The Balaban J connectivity index is 2.28. The molecular weight excluding hydrogens is 298 g/mol. The number of carboxylic acids is 1. The molecule has 98 valence electrons. The number of piperidine rings is 1. The SMILES string of the molecule is CC1CC(C)CN(c2ncc(Br)c(C(=O)O)n2)C1. The molecule has 1 aromatic rings. The zero-order valence-corrected chi connectivity index (χ0v) is 12.0. The monoisotopic (exact) mass is 313 g/mol. The van der Waals surface area contributed by atoms with Crippen molar-refractivity contribution < 1.29 is 9.90 Å². The second-order valence-electron chi connectivity index (χ2n) is 5.02. The molecule has 1 saturated heterocycles. The lowest BCUT2D eigenvalue weighted by molar-refractivity contribution is 0.0689. The van der Waals surface area contributed by atoms with Crippen LogP contribution in [0.4, 0.5) is 5.95 Å². The van der Waals surface area contributed by atoms with Crippen LogP contribution < -0.4 is 4.90 Å². The minimum absolute atomic E-state index is 0.0193. The van der Waals surface area contributed by atoms with Crippen molar-refractivity contribution in [2.24, 2.45) is 11.8 Å². The Bertz CT molecular complexity index is 457. The number of rotatable bonds is 2. The van der Waals surface area contributed by atoms with Crippen molar-refractivity contribution in [1.82, 2.24) is 9.97 Å². The third kappa shape index (κ3) is 2.80. The van der Waals surface area contributed by atoms with Crippen LogP contribution in [-0.2, 0) is 0 Å². The molecule has 6 heteroatoms. The van der Waals surface area contributed by atoms with Gasteiger partial charge in [-0.15, -0.1) is 0 Å². The Labute approximate surface area is 114 Å². The van der Waals surface area contributed by atoms with Gasteiger partial charge in [-0.1, -0.05) is 13.8 Å². The van der Waals surface area contributed by atoms with Gasteiger partial charge in [0.2, 0.25) is 5.95 Å². The zero-order valence-electron chi connectivity index (χ0n) is 10.4. The van der Waals surface area contributed by atoms with Gasteiger partial charge in [0, 0.05) is 19.3 Å². The third-order valence-corrected chi connectivity index (χ3v) is 3.67. The van der Waals surface area contributed by atoms with Crippen molar-refractivity contribution >= 4 is 27.8 Å². The molecule has 0 radical (unpaired) electrons. The summed E-state index contributed by atoms with van der Waals surface area (Å²) in [7, 11) is 0. The normalized spacial score (nSPS) is 24.1. The predicted octanol–water partition coefficient (Wildman–Crippen LogP) is 2.42. The highest BCUT2D eigenvalue weighted by Crippen LogP contribution is 2.25. The van der Waals surface area contributed by atoms with Gasteiger partial charge in [0.1, 0.15) is 0 Å². The van der Waals surface area contributed by atoms with Gasteiger partial charge in [-0.05, 0) is 34.2 Å². The highest BCUT2D eigenvalue weighted by atomic mass is 79.9. The molecule has 2 rings (SSSR count). The van der Waals surface area contributed by atoms with Gasteiger partial charge >= 0.3 is 5.97 Å². The van der Waals surface area contributed by atoms with Crippen LogP contribution >= 0.6 is 15.9 Å². The van der Waals surface area contributed by atoms with Gasteiger partial charge in [0.25, 0.3) is 0 Å². The molecule has 1 aliphatic rings. The van der Waals surface area contributed by atoms with E-state index >= 15 is 0 Å². The van der Waals surface area contributed by atoms with Crippen LogP contribution in [0.25, 0.3) is 0 Å². The molecule has 1 fully saturated rings. The third-order valence-electron chi connectivity index (χ3n) is 3.09. The van der Waals surface area contributed by atoms with Crippen LogP contribution in [0.2, 0.25) is 0 Å². The molecule has 1 aliphatic heterocycles. The van der Waals surface area contributed by atoms with E-state index < -0.39 is 5.97 Å². The summed E-state index contributed by atoms with van der Waals surface area (Å²) in [4.78, 5) is 21.5. The van der Waals surface area contributed by atoms with Crippen molar-refractivity contribution in [1.29, 1.82) is 0 Å². The Morgan fingerprint density at radius 1 is 1.44 bits per heavy atom. The van der Waals surface area contributed by atoms with Crippen molar-refractivity contribution in [3.8, 4) is 0 Å². The average molecular weight is 314 g/mol. The second-order valence-corrected chi connectivity index (χ2v) is 5.88. The van der Waals surface area contributed by atoms with E-state index in [1.54, 1.807) is 0 Å². The van der Waals surface area contributed by atoms with Gasteiger partial charge in [-0.2, -0.15) is 0 Å². The number of carbonyl (C=O) groups is 1. The fourth-order valence-electron chi connectivity index (χ4n) is 2.49. The fraction of sp³-hybridized carbons (Fsp3) is 0.583. The first-order valence-electron chi connectivity index (χ1n) is 5.98. The number of halogens is 1. The summed E-state index contributed by atoms with van der Waals surface area (Å²) in [5.41, 5.74) is 0.0193. The molecule has 0 saturated carbocycles. The summed E-state index contributed by atoms with van der Waals surface area (Å²) >= 11 is 3.15. The molecule has 1 aromatic heterocycles. The van der Waals surface area contributed by atoms with E-state index in [1.807, 2.05) is 0 Å². The number of hydrogen-bond donors (Lipinski definition) is 1. The van der Waals surface area contributed by atoms with E-state index in [2.05, 4.69) is 44.6 Å². The zero-order chi connectivity index (χ0) is 13.3. The summed E-state index contributed by atoms with van der Waals surface area (Å²) in [6.45, 7) is 6.15. The van der Waals surface area contributed by atoms with E-state index in [4.69, 9.17) is 5.11 Å². The summed E-state index contributed by atoms with van der Waals surface area (Å²) in [6, 6.07) is 0. The lowest BCUT2D eigenvalue weighted by Crippen LogP contribution is -2.39. The molecule has 5 nitrogen and oxygen atoms in total. The molecule has 2 heterocycles. The molecule has 0 amide bonds. The van der Waals surface area contributed by atoms with Crippen molar-refractivity contribution in [3.05, 3.63) is 16.4 Å². The van der Waals surface area contributed by atoms with E-state index in [0.717, 1.165) is 13.1 Å². The number of nitrogens with zero attached hydrogens (tertiary/aromatic N) is 3. The highest BCUT2D eigenvalue weighted by Gasteiger charge is 2.24. The van der Waals surface area contributed by atoms with Crippen LogP contribution in [0.15, 0.2) is 10.7 Å². The molecule has 18 heavy (non-hydrogen) atoms. The minimum atomic E-state index is -1.04. The minimum Gasteiger partial charge on any atom is -0.476 e. The van der Waals surface area contributed by atoms with Crippen LogP contribution in [0, 0.1) is 11.8 Å². The Morgan fingerprint density at radius 2 is 2.06 bits per heavy atom. The van der Waals surface area contributed by atoms with Crippen molar-refractivity contribution in [2.75, 3.05) is 18.0 Å². The Morgan fingerprint density at radius 3 is 2.61 bits per heavy atom. The number of hydrogen-bond acceptors (Lipinski definition) is 4. The van der Waals surface area contributed by atoms with E-state index in [1.165, 1.54) is 12.6 Å². The molecule has 0 spiro atoms. The van der Waals surface area contributed by atoms with Crippen LogP contribution in [0.1, 0.15) is 30.8 Å². The van der Waals surface area contributed by atoms with Crippen LogP contribution in [0.3, 0.4) is 0 Å². The first-order valence-corrected chi connectivity index (χ1v) is 6.77. The molecule has 1 N–H and O–H groups in total. The topological polar surface area (TPSA) is 66.3 Å². The van der Waals surface area contributed by atoms with Gasteiger partial charge in [0.05, 0.1) is 4.47 Å². The highest BCUT2D eigenvalue weighted by molar-refractivity contribution is 9.10. The van der Waals surface area contributed by atoms with Crippen LogP contribution in [-0.4, -0.2) is 34.1 Å². The number of anilines is 1. The van der Waals surface area contributed by atoms with E-state index in [0.29, 0.717) is 22.3 Å². The molecule has 2 unspecified atom stereocenters. The summed E-state index contributed by atoms with van der Waals surface area (Å²) in [6.07, 6.45) is 2.70. The van der Waals surface area contributed by atoms with Crippen molar-refractivity contribution in [3.63, 3.8) is 0 Å². The molecule has 0 aliphatic carbocycles. The van der Waals surface area contributed by atoms with Gasteiger partial charge in [-0.25, -0.2) is 14.8 Å². The first kappa shape index (κ1) is 13.3. The quantitative estimate of drug-likeness (QED) is 0.908. The van der Waals surface area contributed by atoms with Crippen molar-refractivity contribution in [2.45, 2.75) is 20.3 Å². The second kappa shape index (κ2) is 5.22. The van der Waals surface area contributed by atoms with Crippen LogP contribution in [0.5, 0.6) is 0 Å².